The lowest BCUT2D eigenvalue weighted by Gasteiger charge is -2.22. The summed E-state index contributed by atoms with van der Waals surface area (Å²) in [5.41, 5.74) is 5.79. The van der Waals surface area contributed by atoms with Crippen LogP contribution in [-0.2, 0) is 4.74 Å². The van der Waals surface area contributed by atoms with Gasteiger partial charge in [0, 0.05) is 20.2 Å². The predicted octanol–water partition coefficient (Wildman–Crippen LogP) is 1.28. The molecule has 0 bridgehead atoms. The quantitative estimate of drug-likeness (QED) is 0.811. The third-order valence-corrected chi connectivity index (χ3v) is 3.76. The minimum atomic E-state index is 0.213. The Kier molecular flexibility index (Phi) is 4.94. The van der Waals surface area contributed by atoms with Crippen molar-refractivity contribution in [2.45, 2.75) is 45.3 Å². The third-order valence-electron chi connectivity index (χ3n) is 3.76. The average molecular weight is 280 g/mol. The molecule has 20 heavy (non-hydrogen) atoms. The summed E-state index contributed by atoms with van der Waals surface area (Å²) in [6.45, 7) is 5.80. The highest BCUT2D eigenvalue weighted by molar-refractivity contribution is 5.42. The molecule has 1 heterocycles. The van der Waals surface area contributed by atoms with E-state index in [4.69, 9.17) is 10.5 Å². The van der Waals surface area contributed by atoms with Gasteiger partial charge in [-0.25, -0.2) is 0 Å². The van der Waals surface area contributed by atoms with E-state index in [-0.39, 0.29) is 18.1 Å². The first-order valence-corrected chi connectivity index (χ1v) is 7.23. The standard InChI is InChI=1S/C13H24N6O/c1-4-19(5-2)13-17-11(14)16-12(18-13)15-9-7-6-8-10(9)20-3/h9-10H,4-8H2,1-3H3,(H3,14,15,16,17,18). The number of ether oxygens (including phenoxy) is 1. The van der Waals surface area contributed by atoms with Crippen molar-refractivity contribution in [1.82, 2.24) is 15.0 Å². The van der Waals surface area contributed by atoms with Crippen molar-refractivity contribution in [2.24, 2.45) is 0 Å². The number of nitrogens with zero attached hydrogens (tertiary/aromatic N) is 4. The molecule has 0 radical (unpaired) electrons. The molecular formula is C13H24N6O. The van der Waals surface area contributed by atoms with E-state index >= 15 is 0 Å². The minimum absolute atomic E-state index is 0.213. The summed E-state index contributed by atoms with van der Waals surface area (Å²) in [6, 6.07) is 0.242. The van der Waals surface area contributed by atoms with E-state index < -0.39 is 0 Å². The van der Waals surface area contributed by atoms with Crippen LogP contribution in [0.25, 0.3) is 0 Å². The first-order valence-electron chi connectivity index (χ1n) is 7.23. The van der Waals surface area contributed by atoms with Crippen LogP contribution in [0.1, 0.15) is 33.1 Å². The van der Waals surface area contributed by atoms with Crippen LogP contribution in [0, 0.1) is 0 Å². The zero-order valence-electron chi connectivity index (χ0n) is 12.5. The molecule has 0 amide bonds. The average Bonchev–Trinajstić information content (AvgIpc) is 2.86. The highest BCUT2D eigenvalue weighted by Crippen LogP contribution is 2.24. The lowest BCUT2D eigenvalue weighted by atomic mass is 10.2. The fraction of sp³-hybridized carbons (Fsp3) is 0.769. The molecule has 1 aromatic heterocycles. The molecule has 1 aromatic rings. The number of rotatable bonds is 6. The van der Waals surface area contributed by atoms with E-state index in [9.17, 15) is 0 Å². The summed E-state index contributed by atoms with van der Waals surface area (Å²) in [4.78, 5) is 14.9. The maximum absolute atomic E-state index is 5.79. The van der Waals surface area contributed by atoms with Gasteiger partial charge in [-0.2, -0.15) is 15.0 Å². The largest absolute Gasteiger partial charge is 0.379 e. The summed E-state index contributed by atoms with van der Waals surface area (Å²) in [5.74, 6) is 1.40. The lowest BCUT2D eigenvalue weighted by Crippen LogP contribution is -2.31. The van der Waals surface area contributed by atoms with E-state index in [1.54, 1.807) is 7.11 Å². The molecule has 0 aromatic carbocycles. The van der Waals surface area contributed by atoms with Gasteiger partial charge in [0.25, 0.3) is 0 Å². The van der Waals surface area contributed by atoms with Crippen LogP contribution in [0.2, 0.25) is 0 Å². The van der Waals surface area contributed by atoms with Gasteiger partial charge in [-0.1, -0.05) is 0 Å². The van der Waals surface area contributed by atoms with Crippen LogP contribution in [0.4, 0.5) is 17.8 Å². The van der Waals surface area contributed by atoms with Crippen molar-refractivity contribution < 1.29 is 4.74 Å². The fourth-order valence-corrected chi connectivity index (χ4v) is 2.63. The zero-order chi connectivity index (χ0) is 14.5. The van der Waals surface area contributed by atoms with Crippen molar-refractivity contribution in [3.63, 3.8) is 0 Å². The second-order valence-corrected chi connectivity index (χ2v) is 4.95. The molecular weight excluding hydrogens is 256 g/mol. The minimum Gasteiger partial charge on any atom is -0.379 e. The van der Waals surface area contributed by atoms with Crippen LogP contribution >= 0.6 is 0 Å². The molecule has 3 N–H and O–H groups in total. The van der Waals surface area contributed by atoms with Crippen molar-refractivity contribution in [1.29, 1.82) is 0 Å². The second-order valence-electron chi connectivity index (χ2n) is 4.95. The number of hydrogen-bond acceptors (Lipinski definition) is 7. The Bertz CT molecular complexity index is 437. The van der Waals surface area contributed by atoms with Gasteiger partial charge >= 0.3 is 0 Å². The molecule has 2 rings (SSSR count). The molecule has 1 saturated carbocycles. The highest BCUT2D eigenvalue weighted by Gasteiger charge is 2.27. The van der Waals surface area contributed by atoms with Gasteiger partial charge in [0.05, 0.1) is 12.1 Å². The van der Waals surface area contributed by atoms with E-state index in [1.807, 2.05) is 4.90 Å². The van der Waals surface area contributed by atoms with Crippen LogP contribution in [0.15, 0.2) is 0 Å². The van der Waals surface area contributed by atoms with Crippen molar-refractivity contribution >= 4 is 17.8 Å². The Morgan fingerprint density at radius 2 is 2.00 bits per heavy atom. The van der Waals surface area contributed by atoms with Gasteiger partial charge < -0.3 is 20.7 Å². The first-order chi connectivity index (χ1) is 9.67. The maximum atomic E-state index is 5.79. The molecule has 1 aliphatic rings. The molecule has 0 spiro atoms. The van der Waals surface area contributed by atoms with Crippen LogP contribution in [-0.4, -0.2) is 47.3 Å². The summed E-state index contributed by atoms with van der Waals surface area (Å²) in [5, 5.41) is 3.33. The Labute approximate surface area is 119 Å². The van der Waals surface area contributed by atoms with Gasteiger partial charge in [-0.15, -0.1) is 0 Å². The first kappa shape index (κ1) is 14.8. The van der Waals surface area contributed by atoms with Crippen molar-refractivity contribution in [2.75, 3.05) is 36.1 Å². The van der Waals surface area contributed by atoms with Gasteiger partial charge in [0.2, 0.25) is 17.8 Å². The van der Waals surface area contributed by atoms with Gasteiger partial charge in [-0.05, 0) is 33.1 Å². The smallest absolute Gasteiger partial charge is 0.231 e. The monoisotopic (exact) mass is 280 g/mol. The van der Waals surface area contributed by atoms with E-state index in [2.05, 4.69) is 34.1 Å². The topological polar surface area (TPSA) is 89.2 Å². The van der Waals surface area contributed by atoms with Gasteiger partial charge in [-0.3, -0.25) is 0 Å². The summed E-state index contributed by atoms with van der Waals surface area (Å²) < 4.78 is 5.47. The van der Waals surface area contributed by atoms with Crippen LogP contribution < -0.4 is 16.0 Å². The number of methoxy groups -OCH3 is 1. The Morgan fingerprint density at radius 1 is 1.25 bits per heavy atom. The normalized spacial score (nSPS) is 21.9. The molecule has 2 atom stereocenters. The zero-order valence-corrected chi connectivity index (χ0v) is 12.5. The predicted molar refractivity (Wildman–Crippen MR) is 79.9 cm³/mol. The molecule has 2 unspecified atom stereocenters. The number of nitrogen functional groups attached to an aromatic ring is 1. The number of hydrogen-bond donors (Lipinski definition) is 2. The van der Waals surface area contributed by atoms with Gasteiger partial charge in [0.1, 0.15) is 0 Å². The Balaban J connectivity index is 2.15. The lowest BCUT2D eigenvalue weighted by molar-refractivity contribution is 0.101. The summed E-state index contributed by atoms with van der Waals surface area (Å²) in [7, 11) is 1.74. The van der Waals surface area contributed by atoms with Crippen molar-refractivity contribution in [3.05, 3.63) is 0 Å². The molecule has 0 aliphatic heterocycles. The molecule has 0 saturated heterocycles. The number of aromatic nitrogens is 3. The molecule has 1 aliphatic carbocycles. The molecule has 7 nitrogen and oxygen atoms in total. The second kappa shape index (κ2) is 6.69. The number of nitrogens with two attached hydrogens (primary N) is 1. The van der Waals surface area contributed by atoms with E-state index in [1.165, 1.54) is 0 Å². The highest BCUT2D eigenvalue weighted by atomic mass is 16.5. The molecule has 1 fully saturated rings. The summed E-state index contributed by atoms with van der Waals surface area (Å²) in [6.07, 6.45) is 3.49. The van der Waals surface area contributed by atoms with Crippen LogP contribution in [0.5, 0.6) is 0 Å². The van der Waals surface area contributed by atoms with Crippen LogP contribution in [0.3, 0.4) is 0 Å². The number of anilines is 3. The van der Waals surface area contributed by atoms with Crippen molar-refractivity contribution in [3.8, 4) is 0 Å². The van der Waals surface area contributed by atoms with E-state index in [0.29, 0.717) is 11.9 Å². The number of nitrogens with one attached hydrogen (secondary N) is 1. The third kappa shape index (κ3) is 3.27. The SMILES string of the molecule is CCN(CC)c1nc(N)nc(NC2CCCC2OC)n1. The Morgan fingerprint density at radius 3 is 2.65 bits per heavy atom. The summed E-state index contributed by atoms with van der Waals surface area (Å²) >= 11 is 0. The maximum Gasteiger partial charge on any atom is 0.231 e. The van der Waals surface area contributed by atoms with E-state index in [0.717, 1.165) is 32.4 Å². The van der Waals surface area contributed by atoms with Gasteiger partial charge in [0.15, 0.2) is 0 Å². The Hall–Kier alpha value is -1.63. The molecule has 7 heteroatoms. The fourth-order valence-electron chi connectivity index (χ4n) is 2.63. The molecule has 112 valence electrons.